The number of carbonyl (C=O) groups excluding carboxylic acids is 1. The van der Waals surface area contributed by atoms with Crippen molar-refractivity contribution in [1.82, 2.24) is 4.98 Å². The Morgan fingerprint density at radius 2 is 2.15 bits per heavy atom. The first-order chi connectivity index (χ1) is 9.63. The van der Waals surface area contributed by atoms with Crippen LogP contribution in [0.4, 0.5) is 4.39 Å². The molecular weight excluding hydrogens is 273 g/mol. The highest BCUT2D eigenvalue weighted by atomic mass is 32.1. The zero-order chi connectivity index (χ0) is 14.1. The van der Waals surface area contributed by atoms with Crippen molar-refractivity contribution < 1.29 is 9.18 Å². The van der Waals surface area contributed by atoms with Gasteiger partial charge in [0.1, 0.15) is 5.82 Å². The minimum absolute atomic E-state index is 0.00232. The first kappa shape index (κ1) is 12.9. The molecule has 0 aliphatic heterocycles. The molecule has 100 valence electrons. The van der Waals surface area contributed by atoms with Gasteiger partial charge < -0.3 is 0 Å². The normalized spacial score (nSPS) is 10.9. The smallest absolute Gasteiger partial charge is 0.168 e. The molecule has 0 unspecified atom stereocenters. The van der Waals surface area contributed by atoms with E-state index in [-0.39, 0.29) is 18.0 Å². The van der Waals surface area contributed by atoms with Crippen molar-refractivity contribution in [3.05, 3.63) is 64.4 Å². The van der Waals surface area contributed by atoms with Gasteiger partial charge in [0, 0.05) is 18.2 Å². The van der Waals surface area contributed by atoms with Gasteiger partial charge in [-0.1, -0.05) is 6.07 Å². The lowest BCUT2D eigenvalue weighted by Crippen LogP contribution is -2.05. The minimum atomic E-state index is -0.277. The monoisotopic (exact) mass is 285 g/mol. The molecule has 0 amide bonds. The third kappa shape index (κ3) is 2.47. The quantitative estimate of drug-likeness (QED) is 0.676. The summed E-state index contributed by atoms with van der Waals surface area (Å²) in [5.41, 5.74) is 3.15. The Kier molecular flexibility index (Phi) is 3.32. The van der Waals surface area contributed by atoms with Gasteiger partial charge in [0.05, 0.1) is 10.2 Å². The molecule has 0 aliphatic carbocycles. The molecule has 4 heteroatoms. The largest absolute Gasteiger partial charge is 0.294 e. The van der Waals surface area contributed by atoms with Crippen LogP contribution in [-0.2, 0) is 6.42 Å². The number of hydrogen-bond donors (Lipinski definition) is 0. The fraction of sp³-hybridized carbons (Fsp3) is 0.125. The molecule has 0 fully saturated rings. The van der Waals surface area contributed by atoms with Crippen LogP contribution in [0, 0.1) is 12.7 Å². The number of ketones is 1. The van der Waals surface area contributed by atoms with E-state index < -0.39 is 0 Å². The van der Waals surface area contributed by atoms with Crippen LogP contribution >= 0.6 is 11.3 Å². The van der Waals surface area contributed by atoms with Crippen LogP contribution in [0.2, 0.25) is 0 Å². The molecule has 3 aromatic rings. The molecule has 0 N–H and O–H groups in total. The zero-order valence-corrected chi connectivity index (χ0v) is 11.7. The Morgan fingerprint density at radius 3 is 2.95 bits per heavy atom. The molecule has 0 saturated carbocycles. The summed E-state index contributed by atoms with van der Waals surface area (Å²) in [6.07, 6.45) is 1.88. The Morgan fingerprint density at radius 1 is 1.30 bits per heavy atom. The predicted octanol–water partition coefficient (Wildman–Crippen LogP) is 4.17. The van der Waals surface area contributed by atoms with E-state index in [1.165, 1.54) is 12.1 Å². The average Bonchev–Trinajstić information content (AvgIpc) is 2.89. The van der Waals surface area contributed by atoms with Gasteiger partial charge >= 0.3 is 0 Å². The number of rotatable bonds is 3. The number of pyridine rings is 1. The number of nitrogens with zero attached hydrogens (tertiary/aromatic N) is 1. The van der Waals surface area contributed by atoms with E-state index in [4.69, 9.17) is 0 Å². The minimum Gasteiger partial charge on any atom is -0.294 e. The maximum Gasteiger partial charge on any atom is 0.168 e. The number of halogens is 1. The molecule has 2 nitrogen and oxygen atoms in total. The van der Waals surface area contributed by atoms with Crippen LogP contribution in [0.3, 0.4) is 0 Å². The fourth-order valence-corrected chi connectivity index (χ4v) is 2.91. The lowest BCUT2D eigenvalue weighted by Gasteiger charge is -2.05. The first-order valence-corrected chi connectivity index (χ1v) is 7.13. The van der Waals surface area contributed by atoms with Crippen LogP contribution in [-0.4, -0.2) is 10.8 Å². The number of thiophene rings is 1. The third-order valence-electron chi connectivity index (χ3n) is 3.28. The summed E-state index contributed by atoms with van der Waals surface area (Å²) in [7, 11) is 0. The third-order valence-corrected chi connectivity index (χ3v) is 4.13. The number of carbonyl (C=O) groups is 1. The van der Waals surface area contributed by atoms with E-state index in [9.17, 15) is 9.18 Å². The molecule has 3 rings (SSSR count). The Balaban J connectivity index is 1.88. The van der Waals surface area contributed by atoms with Gasteiger partial charge in [-0.3, -0.25) is 9.78 Å². The molecule has 0 spiro atoms. The number of benzene rings is 1. The Labute approximate surface area is 119 Å². The summed E-state index contributed by atoms with van der Waals surface area (Å²) < 4.78 is 14.1. The molecule has 2 heterocycles. The van der Waals surface area contributed by atoms with Crippen LogP contribution in [0.15, 0.2) is 41.9 Å². The van der Waals surface area contributed by atoms with Gasteiger partial charge in [-0.2, -0.15) is 0 Å². The molecule has 0 saturated heterocycles. The van der Waals surface area contributed by atoms with Crippen LogP contribution in [0.25, 0.3) is 10.2 Å². The molecule has 0 aliphatic rings. The van der Waals surface area contributed by atoms with E-state index >= 15 is 0 Å². The summed E-state index contributed by atoms with van der Waals surface area (Å²) >= 11 is 1.57. The molecule has 20 heavy (non-hydrogen) atoms. The first-order valence-electron chi connectivity index (χ1n) is 6.25. The standard InChI is InChI=1S/C16H12FNOS/c1-10-6-13(17)3-2-11(10)7-15(19)12-8-16-14(18-9-12)4-5-20-16/h2-6,8-9H,7H2,1H3. The maximum absolute atomic E-state index is 13.1. The summed E-state index contributed by atoms with van der Waals surface area (Å²) in [6.45, 7) is 1.81. The highest BCUT2D eigenvalue weighted by Gasteiger charge is 2.11. The number of Topliss-reactive ketones (excluding diaryl/α,β-unsaturated/α-hetero) is 1. The summed E-state index contributed by atoms with van der Waals surface area (Å²) in [5, 5.41) is 1.95. The number of aryl methyl sites for hydroxylation is 1. The SMILES string of the molecule is Cc1cc(F)ccc1CC(=O)c1cnc2ccsc2c1. The molecular formula is C16H12FNOS. The average molecular weight is 285 g/mol. The van der Waals surface area contributed by atoms with Gasteiger partial charge in [-0.25, -0.2) is 4.39 Å². The van der Waals surface area contributed by atoms with E-state index in [0.29, 0.717) is 5.56 Å². The van der Waals surface area contributed by atoms with Crippen molar-refractivity contribution in [1.29, 1.82) is 0 Å². The maximum atomic E-state index is 13.1. The number of hydrogen-bond acceptors (Lipinski definition) is 3. The van der Waals surface area contributed by atoms with Gasteiger partial charge in [-0.05, 0) is 47.7 Å². The highest BCUT2D eigenvalue weighted by molar-refractivity contribution is 7.17. The van der Waals surface area contributed by atoms with Crippen LogP contribution in [0.5, 0.6) is 0 Å². The van der Waals surface area contributed by atoms with E-state index in [1.54, 1.807) is 23.6 Å². The van der Waals surface area contributed by atoms with Crippen LogP contribution in [0.1, 0.15) is 21.5 Å². The second-order valence-electron chi connectivity index (χ2n) is 4.70. The van der Waals surface area contributed by atoms with E-state index in [2.05, 4.69) is 4.98 Å². The zero-order valence-electron chi connectivity index (χ0n) is 10.9. The topological polar surface area (TPSA) is 30.0 Å². The lowest BCUT2D eigenvalue weighted by atomic mass is 10.0. The van der Waals surface area contributed by atoms with Gasteiger partial charge in [-0.15, -0.1) is 11.3 Å². The summed E-state index contributed by atoms with van der Waals surface area (Å²) in [6, 6.07) is 8.30. The van der Waals surface area contributed by atoms with Crippen molar-refractivity contribution in [3.63, 3.8) is 0 Å². The van der Waals surface area contributed by atoms with E-state index in [0.717, 1.165) is 21.3 Å². The predicted molar refractivity (Wildman–Crippen MR) is 78.8 cm³/mol. The van der Waals surface area contributed by atoms with Crippen molar-refractivity contribution in [3.8, 4) is 0 Å². The molecule has 1 aromatic carbocycles. The molecule has 0 atom stereocenters. The van der Waals surface area contributed by atoms with Crippen molar-refractivity contribution >= 4 is 27.3 Å². The van der Waals surface area contributed by atoms with Crippen molar-refractivity contribution in [2.24, 2.45) is 0 Å². The molecule has 2 aromatic heterocycles. The second-order valence-corrected chi connectivity index (χ2v) is 5.65. The Bertz CT molecular complexity index is 794. The van der Waals surface area contributed by atoms with E-state index in [1.807, 2.05) is 24.4 Å². The Hall–Kier alpha value is -2.07. The highest BCUT2D eigenvalue weighted by Crippen LogP contribution is 2.21. The summed E-state index contributed by atoms with van der Waals surface area (Å²) in [4.78, 5) is 16.6. The molecule has 0 radical (unpaired) electrons. The van der Waals surface area contributed by atoms with Crippen molar-refractivity contribution in [2.45, 2.75) is 13.3 Å². The van der Waals surface area contributed by atoms with Gasteiger partial charge in [0.25, 0.3) is 0 Å². The van der Waals surface area contributed by atoms with Gasteiger partial charge in [0.15, 0.2) is 5.78 Å². The summed E-state index contributed by atoms with van der Waals surface area (Å²) in [5.74, 6) is -0.275. The number of aromatic nitrogens is 1. The number of fused-ring (bicyclic) bond motifs is 1. The lowest BCUT2D eigenvalue weighted by molar-refractivity contribution is 0.0992. The van der Waals surface area contributed by atoms with Crippen LogP contribution < -0.4 is 0 Å². The second kappa shape index (κ2) is 5.13. The molecule has 0 bridgehead atoms. The fourth-order valence-electron chi connectivity index (χ4n) is 2.13. The van der Waals surface area contributed by atoms with Crippen molar-refractivity contribution in [2.75, 3.05) is 0 Å². The van der Waals surface area contributed by atoms with Gasteiger partial charge in [0.2, 0.25) is 0 Å².